The molecule has 0 aromatic heterocycles. The molecule has 0 aromatic carbocycles. The van der Waals surface area contributed by atoms with Crippen molar-refractivity contribution in [3.63, 3.8) is 0 Å². The second-order valence-electron chi connectivity index (χ2n) is 1.06. The Kier molecular flexibility index (Phi) is 22.7. The van der Waals surface area contributed by atoms with Crippen molar-refractivity contribution in [2.24, 2.45) is 0 Å². The zero-order valence-electron chi connectivity index (χ0n) is 12.0. The first-order valence-electron chi connectivity index (χ1n) is 1.53. The van der Waals surface area contributed by atoms with Crippen LogP contribution in [0.15, 0.2) is 0 Å². The molecule has 0 heterocycles. The van der Waals surface area contributed by atoms with Gasteiger partial charge in [0.1, 0.15) is 0 Å². The Balaban J connectivity index is -0.00000000889. The average molecular weight is 449 g/mol. The smallest absolute Gasteiger partial charge is 1.00 e. The van der Waals surface area contributed by atoms with Gasteiger partial charge in [0.15, 0.2) is 0 Å². The van der Waals surface area contributed by atoms with Crippen molar-refractivity contribution in [1.82, 2.24) is 0 Å². The third-order valence-electron chi connectivity index (χ3n) is 0.213. The van der Waals surface area contributed by atoms with Gasteiger partial charge >= 0.3 is 148 Å². The summed E-state index contributed by atoms with van der Waals surface area (Å²) in [6, 6.07) is 0. The third kappa shape index (κ3) is 24.0. The van der Waals surface area contributed by atoms with Gasteiger partial charge in [0, 0.05) is 0 Å². The van der Waals surface area contributed by atoms with Gasteiger partial charge in [-0.2, -0.15) is 4.31 Å². The normalized spacial score (nSPS) is 10.3. The fourth-order valence-corrected chi connectivity index (χ4v) is 1.25. The molecular formula is H10BaCaO7P2Sr. The first-order valence-corrected chi connectivity index (χ1v) is 4.59. The number of rotatable bonds is 2. The second-order valence-corrected chi connectivity index (χ2v) is 3.68. The molecule has 0 saturated carbocycles. The van der Waals surface area contributed by atoms with Gasteiger partial charge in [0.25, 0.3) is 0 Å². The Labute approximate surface area is 185 Å². The molecule has 0 radical (unpaired) electrons. The van der Waals surface area contributed by atoms with Crippen LogP contribution in [0, 0.1) is 0 Å². The SMILES string of the molecule is O=P(O)(O)OP(=O)(O)O.[Ba+2].[Ca+2].[H-].[H-].[H-].[H-].[H-].[H-].[Sr+2]. The van der Waals surface area contributed by atoms with E-state index in [9.17, 15) is 9.13 Å². The first kappa shape index (κ1) is 25.4. The molecule has 0 aliphatic heterocycles. The van der Waals surface area contributed by atoms with Crippen LogP contribution in [-0.2, 0) is 13.4 Å². The molecule has 0 atom stereocenters. The van der Waals surface area contributed by atoms with Crippen LogP contribution in [0.4, 0.5) is 0 Å². The van der Waals surface area contributed by atoms with Gasteiger partial charge in [-0.3, -0.25) is 0 Å². The molecule has 0 unspecified atom stereocenters. The summed E-state index contributed by atoms with van der Waals surface area (Å²) in [5.74, 6) is 0. The molecule has 4 N–H and O–H groups in total. The predicted octanol–water partition coefficient (Wildman–Crippen LogP) is -1.28. The van der Waals surface area contributed by atoms with Crippen LogP contribution in [0.25, 0.3) is 0 Å². The van der Waals surface area contributed by atoms with E-state index in [1.807, 2.05) is 0 Å². The second kappa shape index (κ2) is 10.7. The summed E-state index contributed by atoms with van der Waals surface area (Å²) in [7, 11) is -10.1. The summed E-state index contributed by atoms with van der Waals surface area (Å²) in [5.41, 5.74) is 0. The van der Waals surface area contributed by atoms with Crippen LogP contribution < -0.4 is 0 Å². The minimum atomic E-state index is -5.05. The zero-order chi connectivity index (χ0) is 7.71. The molecule has 0 aromatic rings. The van der Waals surface area contributed by atoms with Crippen LogP contribution in [0.2, 0.25) is 0 Å². The number of hydrogen-bond donors (Lipinski definition) is 4. The average Bonchev–Trinajstić information content (AvgIpc) is 1.14. The number of hydrogen-bond acceptors (Lipinski definition) is 3. The molecule has 12 heavy (non-hydrogen) atoms. The maximum atomic E-state index is 9.63. The standard InChI is InChI=1S/Ba.Ca.H4O7P2.Sr.6H/c;;1-8(2,3)7-9(4,5)6;;;;;;;/h;;(H2,1,2,3)(H2,4,5,6);;;;;;;/q2*+2;;+2;6*-1. The summed E-state index contributed by atoms with van der Waals surface area (Å²) in [6.45, 7) is 0. The fraction of sp³-hybridized carbons (Fsp3) is 0. The molecule has 68 valence electrons. The molecule has 0 aliphatic carbocycles. The molecule has 0 amide bonds. The topological polar surface area (TPSA) is 124 Å². The van der Waals surface area contributed by atoms with Crippen LogP contribution in [0.3, 0.4) is 0 Å². The van der Waals surface area contributed by atoms with Crippen LogP contribution in [0.5, 0.6) is 0 Å². The van der Waals surface area contributed by atoms with E-state index in [1.54, 1.807) is 0 Å². The van der Waals surface area contributed by atoms with E-state index in [2.05, 4.69) is 4.31 Å². The van der Waals surface area contributed by atoms with E-state index in [1.165, 1.54) is 0 Å². The Morgan fingerprint density at radius 2 is 1.17 bits per heavy atom. The van der Waals surface area contributed by atoms with Crippen molar-refractivity contribution in [3.05, 3.63) is 0 Å². The zero-order valence-corrected chi connectivity index (χ0v) is 17.9. The molecule has 0 fully saturated rings. The van der Waals surface area contributed by atoms with Crippen molar-refractivity contribution in [2.75, 3.05) is 0 Å². The summed E-state index contributed by atoms with van der Waals surface area (Å²) < 4.78 is 22.2. The van der Waals surface area contributed by atoms with E-state index in [0.717, 1.165) is 0 Å². The maximum Gasteiger partial charge on any atom is 2.00 e. The minimum Gasteiger partial charge on any atom is -1.00 e. The first-order chi connectivity index (χ1) is 3.71. The van der Waals surface area contributed by atoms with E-state index in [-0.39, 0.29) is 141 Å². The van der Waals surface area contributed by atoms with Gasteiger partial charge in [0.2, 0.25) is 0 Å². The van der Waals surface area contributed by atoms with E-state index in [0.29, 0.717) is 0 Å². The minimum absolute atomic E-state index is 0. The van der Waals surface area contributed by atoms with Gasteiger partial charge in [-0.25, -0.2) is 9.13 Å². The molecular weight excluding hydrogens is 439 g/mol. The molecule has 7 nitrogen and oxygen atoms in total. The fourth-order valence-electron chi connectivity index (χ4n) is 0.139. The maximum absolute atomic E-state index is 9.63. The van der Waals surface area contributed by atoms with E-state index < -0.39 is 15.6 Å². The van der Waals surface area contributed by atoms with Crippen molar-refractivity contribution in [1.29, 1.82) is 0 Å². The van der Waals surface area contributed by atoms with Crippen molar-refractivity contribution >= 4 is 148 Å². The van der Waals surface area contributed by atoms with Gasteiger partial charge in [-0.15, -0.1) is 0 Å². The van der Waals surface area contributed by atoms with Crippen LogP contribution in [0.1, 0.15) is 8.56 Å². The van der Waals surface area contributed by atoms with Crippen LogP contribution >= 0.6 is 15.6 Å². The summed E-state index contributed by atoms with van der Waals surface area (Å²) in [6.07, 6.45) is 0. The Morgan fingerprint density at radius 3 is 1.17 bits per heavy atom. The predicted molar refractivity (Wildman–Crippen MR) is 49.1 cm³/mol. The van der Waals surface area contributed by atoms with E-state index in [4.69, 9.17) is 19.6 Å². The van der Waals surface area contributed by atoms with Gasteiger partial charge in [-0.05, 0) is 0 Å². The van der Waals surface area contributed by atoms with Gasteiger partial charge in [-0.1, -0.05) is 0 Å². The van der Waals surface area contributed by atoms with Gasteiger partial charge in [0.05, 0.1) is 0 Å². The third-order valence-corrected chi connectivity index (χ3v) is 1.91. The molecule has 0 aliphatic rings. The quantitative estimate of drug-likeness (QED) is 0.306. The van der Waals surface area contributed by atoms with E-state index >= 15 is 0 Å². The van der Waals surface area contributed by atoms with Crippen molar-refractivity contribution in [2.45, 2.75) is 0 Å². The summed E-state index contributed by atoms with van der Waals surface area (Å²) in [5, 5.41) is 0. The Bertz CT molecular complexity index is 178. The Morgan fingerprint density at radius 1 is 1.00 bits per heavy atom. The van der Waals surface area contributed by atoms with Crippen molar-refractivity contribution in [3.8, 4) is 0 Å². The van der Waals surface area contributed by atoms with Gasteiger partial charge < -0.3 is 28.1 Å². The molecule has 0 spiro atoms. The molecule has 0 rings (SSSR count). The molecule has 12 heteroatoms. The molecule has 0 bridgehead atoms. The largest absolute Gasteiger partial charge is 2.00 e. The van der Waals surface area contributed by atoms with Crippen LogP contribution in [-0.4, -0.2) is 152 Å². The monoisotopic (exact) mass is 450 g/mol. The summed E-state index contributed by atoms with van der Waals surface area (Å²) in [4.78, 5) is 31.0. The number of phosphoric acid groups is 2. The Hall–Kier alpha value is 4.57. The van der Waals surface area contributed by atoms with Crippen molar-refractivity contribution < 1.29 is 41.6 Å². The summed E-state index contributed by atoms with van der Waals surface area (Å²) >= 11 is 0. The molecule has 0 saturated heterocycles.